The van der Waals surface area contributed by atoms with Gasteiger partial charge in [0.05, 0.1) is 0 Å². The van der Waals surface area contributed by atoms with E-state index in [4.69, 9.17) is 4.84 Å². The van der Waals surface area contributed by atoms with Crippen molar-refractivity contribution in [3.05, 3.63) is 95.1 Å². The molecular weight excluding hydrogens is 382 g/mol. The highest BCUT2D eigenvalue weighted by Gasteiger charge is 2.20. The number of carbonyl (C=O) groups excluding carboxylic acids is 2. The molecule has 3 aromatic carbocycles. The molecule has 0 N–H and O–H groups in total. The average Bonchev–Trinajstić information content (AvgIpc) is 2.71. The van der Waals surface area contributed by atoms with Crippen molar-refractivity contribution in [1.82, 2.24) is 0 Å². The molecule has 146 valence electrons. The molecule has 0 fully saturated rings. The summed E-state index contributed by atoms with van der Waals surface area (Å²) >= 11 is 1.62. The SMILES string of the molecule is CC(=O)ON=C(C(=O)c1ccc(Sc2ccccc2)cc1)c1cc(C)ccc1C. The maximum Gasteiger partial charge on any atom is 0.332 e. The van der Waals surface area contributed by atoms with E-state index in [1.807, 2.05) is 74.5 Å². The number of nitrogens with zero attached hydrogens (tertiary/aromatic N) is 1. The predicted molar refractivity (Wildman–Crippen MR) is 116 cm³/mol. The summed E-state index contributed by atoms with van der Waals surface area (Å²) in [6.07, 6.45) is 0. The van der Waals surface area contributed by atoms with Gasteiger partial charge in [-0.1, -0.05) is 52.8 Å². The van der Waals surface area contributed by atoms with Gasteiger partial charge in [0.15, 0.2) is 5.71 Å². The molecule has 0 amide bonds. The molecule has 29 heavy (non-hydrogen) atoms. The third kappa shape index (κ3) is 5.42. The second-order valence-electron chi connectivity index (χ2n) is 6.61. The third-order valence-electron chi connectivity index (χ3n) is 4.22. The van der Waals surface area contributed by atoms with Crippen molar-refractivity contribution in [2.45, 2.75) is 30.6 Å². The van der Waals surface area contributed by atoms with Crippen LogP contribution in [0.5, 0.6) is 0 Å². The molecule has 4 nitrogen and oxygen atoms in total. The van der Waals surface area contributed by atoms with E-state index in [1.54, 1.807) is 23.9 Å². The number of hydrogen-bond acceptors (Lipinski definition) is 5. The predicted octanol–water partition coefficient (Wildman–Crippen LogP) is 5.60. The average molecular weight is 404 g/mol. The molecule has 0 saturated heterocycles. The molecule has 0 heterocycles. The monoisotopic (exact) mass is 403 g/mol. The van der Waals surface area contributed by atoms with Crippen LogP contribution in [0.25, 0.3) is 0 Å². The highest BCUT2D eigenvalue weighted by Crippen LogP contribution is 2.27. The lowest BCUT2D eigenvalue weighted by atomic mass is 9.96. The zero-order chi connectivity index (χ0) is 20.8. The van der Waals surface area contributed by atoms with Gasteiger partial charge in [0.25, 0.3) is 0 Å². The highest BCUT2D eigenvalue weighted by atomic mass is 32.2. The largest absolute Gasteiger partial charge is 0.332 e. The van der Waals surface area contributed by atoms with Gasteiger partial charge in [-0.15, -0.1) is 0 Å². The molecule has 0 unspecified atom stereocenters. The summed E-state index contributed by atoms with van der Waals surface area (Å²) in [5.74, 6) is -0.869. The Hall–Kier alpha value is -3.18. The summed E-state index contributed by atoms with van der Waals surface area (Å²) in [6, 6.07) is 23.1. The number of oxime groups is 1. The fourth-order valence-corrected chi connectivity index (χ4v) is 3.59. The van der Waals surface area contributed by atoms with Crippen molar-refractivity contribution in [2.75, 3.05) is 0 Å². The molecule has 0 aliphatic heterocycles. The Morgan fingerprint density at radius 2 is 1.52 bits per heavy atom. The van der Waals surface area contributed by atoms with Gasteiger partial charge in [-0.05, 0) is 61.9 Å². The number of hydrogen-bond donors (Lipinski definition) is 0. The first kappa shape index (κ1) is 20.6. The minimum absolute atomic E-state index is 0.116. The number of rotatable bonds is 6. The number of Topliss-reactive ketones (excluding diaryl/α,β-unsaturated/α-hetero) is 1. The van der Waals surface area contributed by atoms with Crippen molar-refractivity contribution in [3.63, 3.8) is 0 Å². The molecule has 3 rings (SSSR count). The number of ketones is 1. The van der Waals surface area contributed by atoms with Crippen molar-refractivity contribution < 1.29 is 14.4 Å². The quantitative estimate of drug-likeness (QED) is 0.232. The second kappa shape index (κ2) is 9.34. The number of aryl methyl sites for hydroxylation is 2. The standard InChI is InChI=1S/C24H21NO3S/c1-16-9-10-17(2)22(15-16)23(25-28-18(3)26)24(27)19-11-13-21(14-12-19)29-20-7-5-4-6-8-20/h4-15H,1-3H3. The normalized spacial score (nSPS) is 11.2. The number of benzene rings is 3. The molecule has 0 radical (unpaired) electrons. The van der Waals surface area contributed by atoms with Crippen LogP contribution in [0.4, 0.5) is 0 Å². The van der Waals surface area contributed by atoms with Gasteiger partial charge in [-0.25, -0.2) is 4.79 Å². The van der Waals surface area contributed by atoms with Gasteiger partial charge < -0.3 is 4.84 Å². The lowest BCUT2D eigenvalue weighted by molar-refractivity contribution is -0.140. The van der Waals surface area contributed by atoms with Gasteiger partial charge >= 0.3 is 5.97 Å². The van der Waals surface area contributed by atoms with Gasteiger partial charge in [0.1, 0.15) is 0 Å². The Morgan fingerprint density at radius 3 is 2.17 bits per heavy atom. The van der Waals surface area contributed by atoms with E-state index in [0.29, 0.717) is 11.1 Å². The highest BCUT2D eigenvalue weighted by molar-refractivity contribution is 7.99. The van der Waals surface area contributed by atoms with Crippen LogP contribution in [0.1, 0.15) is 34.0 Å². The van der Waals surface area contributed by atoms with E-state index in [0.717, 1.165) is 20.9 Å². The van der Waals surface area contributed by atoms with E-state index in [9.17, 15) is 9.59 Å². The van der Waals surface area contributed by atoms with Crippen LogP contribution in [0, 0.1) is 13.8 Å². The Labute approximate surface area is 174 Å². The van der Waals surface area contributed by atoms with Crippen LogP contribution in [0.2, 0.25) is 0 Å². The summed E-state index contributed by atoms with van der Waals surface area (Å²) in [7, 11) is 0. The fraction of sp³-hybridized carbons (Fsp3) is 0.125. The maximum atomic E-state index is 13.2. The second-order valence-corrected chi connectivity index (χ2v) is 7.76. The first-order valence-electron chi connectivity index (χ1n) is 9.15. The molecule has 0 aliphatic rings. The molecule has 0 aliphatic carbocycles. The first-order valence-corrected chi connectivity index (χ1v) is 9.96. The summed E-state index contributed by atoms with van der Waals surface area (Å²) in [6.45, 7) is 5.09. The molecule has 0 bridgehead atoms. The Balaban J connectivity index is 1.90. The smallest absolute Gasteiger partial charge is 0.318 e. The Morgan fingerprint density at radius 1 is 0.862 bits per heavy atom. The molecule has 0 saturated carbocycles. The van der Waals surface area contributed by atoms with E-state index in [2.05, 4.69) is 5.16 Å². The van der Waals surface area contributed by atoms with Crippen molar-refractivity contribution >= 4 is 29.2 Å². The minimum atomic E-state index is -0.574. The van der Waals surface area contributed by atoms with E-state index in [-0.39, 0.29) is 11.5 Å². The summed E-state index contributed by atoms with van der Waals surface area (Å²) < 4.78 is 0. The molecule has 0 atom stereocenters. The van der Waals surface area contributed by atoms with Crippen LogP contribution in [0.15, 0.2) is 87.7 Å². The van der Waals surface area contributed by atoms with Crippen LogP contribution < -0.4 is 0 Å². The van der Waals surface area contributed by atoms with Gasteiger partial charge in [0, 0.05) is 27.8 Å². The molecule has 0 spiro atoms. The van der Waals surface area contributed by atoms with Crippen LogP contribution in [-0.2, 0) is 9.63 Å². The van der Waals surface area contributed by atoms with E-state index in [1.165, 1.54) is 6.92 Å². The van der Waals surface area contributed by atoms with Gasteiger partial charge in [-0.2, -0.15) is 0 Å². The van der Waals surface area contributed by atoms with Crippen LogP contribution in [0.3, 0.4) is 0 Å². The first-order chi connectivity index (χ1) is 13.9. The Kier molecular flexibility index (Phi) is 6.62. The van der Waals surface area contributed by atoms with Crippen molar-refractivity contribution in [1.29, 1.82) is 0 Å². The molecular formula is C24H21NO3S. The molecule has 0 aromatic heterocycles. The van der Waals surface area contributed by atoms with E-state index >= 15 is 0 Å². The third-order valence-corrected chi connectivity index (χ3v) is 5.24. The zero-order valence-electron chi connectivity index (χ0n) is 16.5. The summed E-state index contributed by atoms with van der Waals surface area (Å²) in [5.41, 5.74) is 3.12. The summed E-state index contributed by atoms with van der Waals surface area (Å²) in [5, 5.41) is 3.87. The maximum absolute atomic E-state index is 13.2. The lowest BCUT2D eigenvalue weighted by Crippen LogP contribution is -2.18. The number of carbonyl (C=O) groups is 2. The minimum Gasteiger partial charge on any atom is -0.318 e. The van der Waals surface area contributed by atoms with E-state index < -0.39 is 5.97 Å². The fourth-order valence-electron chi connectivity index (χ4n) is 2.75. The van der Waals surface area contributed by atoms with Crippen molar-refractivity contribution in [3.8, 4) is 0 Å². The van der Waals surface area contributed by atoms with Gasteiger partial charge in [-0.3, -0.25) is 4.79 Å². The van der Waals surface area contributed by atoms with Gasteiger partial charge in [0.2, 0.25) is 5.78 Å². The van der Waals surface area contributed by atoms with Crippen LogP contribution in [-0.4, -0.2) is 17.5 Å². The lowest BCUT2D eigenvalue weighted by Gasteiger charge is -2.10. The zero-order valence-corrected chi connectivity index (χ0v) is 17.3. The van der Waals surface area contributed by atoms with Crippen molar-refractivity contribution in [2.24, 2.45) is 5.16 Å². The van der Waals surface area contributed by atoms with Crippen LogP contribution >= 0.6 is 11.8 Å². The summed E-state index contributed by atoms with van der Waals surface area (Å²) in [4.78, 5) is 31.4. The topological polar surface area (TPSA) is 55.7 Å². The molecule has 5 heteroatoms. The Bertz CT molecular complexity index is 1060. The molecule has 3 aromatic rings.